The summed E-state index contributed by atoms with van der Waals surface area (Å²) in [5, 5.41) is 8.33. The summed E-state index contributed by atoms with van der Waals surface area (Å²) in [6, 6.07) is 28.1. The lowest BCUT2D eigenvalue weighted by Gasteiger charge is -2.07. The van der Waals surface area contributed by atoms with Crippen molar-refractivity contribution in [2.45, 2.75) is 19.6 Å². The highest BCUT2D eigenvalue weighted by Gasteiger charge is 2.15. The standard InChI is InChI=1S/C24H21N5O/c30-24-27(16-19-9-3-1-4-10-19)22-13-7-8-14-23(22)28(24)18-21-15-25-26-29(21)17-20-11-5-2-6-12-20/h1-15H,16-18H2. The van der Waals surface area contributed by atoms with Gasteiger partial charge in [0.25, 0.3) is 0 Å². The zero-order valence-corrected chi connectivity index (χ0v) is 16.4. The first-order valence-corrected chi connectivity index (χ1v) is 9.93. The fourth-order valence-corrected chi connectivity index (χ4v) is 3.80. The first-order valence-electron chi connectivity index (χ1n) is 9.93. The third kappa shape index (κ3) is 3.43. The van der Waals surface area contributed by atoms with Crippen LogP contribution >= 0.6 is 0 Å². The van der Waals surface area contributed by atoms with Gasteiger partial charge in [0.1, 0.15) is 0 Å². The first-order chi connectivity index (χ1) is 14.8. The van der Waals surface area contributed by atoms with Gasteiger partial charge in [-0.2, -0.15) is 0 Å². The molecule has 0 bridgehead atoms. The van der Waals surface area contributed by atoms with Crippen molar-refractivity contribution in [1.29, 1.82) is 0 Å². The number of para-hydroxylation sites is 2. The molecule has 6 nitrogen and oxygen atoms in total. The summed E-state index contributed by atoms with van der Waals surface area (Å²) in [5.41, 5.74) is 4.93. The average Bonchev–Trinajstić information content (AvgIpc) is 3.33. The Kier molecular flexibility index (Phi) is 4.73. The molecule has 3 aromatic carbocycles. The van der Waals surface area contributed by atoms with Crippen LogP contribution in [0.15, 0.2) is 95.9 Å². The molecule has 30 heavy (non-hydrogen) atoms. The number of hydrogen-bond donors (Lipinski definition) is 0. The molecule has 0 aliphatic carbocycles. The quantitative estimate of drug-likeness (QED) is 0.442. The van der Waals surface area contributed by atoms with Crippen LogP contribution in [0.4, 0.5) is 0 Å². The summed E-state index contributed by atoms with van der Waals surface area (Å²) in [6.45, 7) is 1.57. The lowest BCUT2D eigenvalue weighted by atomic mass is 10.2. The van der Waals surface area contributed by atoms with Crippen LogP contribution in [0.2, 0.25) is 0 Å². The summed E-state index contributed by atoms with van der Waals surface area (Å²) in [5.74, 6) is 0. The van der Waals surface area contributed by atoms with Gasteiger partial charge in [0.2, 0.25) is 0 Å². The van der Waals surface area contributed by atoms with E-state index in [2.05, 4.69) is 22.4 Å². The number of imidazole rings is 1. The van der Waals surface area contributed by atoms with E-state index in [4.69, 9.17) is 0 Å². The minimum atomic E-state index is -0.0347. The Bertz CT molecular complexity index is 1330. The molecule has 148 valence electrons. The van der Waals surface area contributed by atoms with Gasteiger partial charge in [-0.05, 0) is 23.3 Å². The van der Waals surface area contributed by atoms with Crippen molar-refractivity contribution in [2.75, 3.05) is 0 Å². The van der Waals surface area contributed by atoms with Gasteiger partial charge < -0.3 is 0 Å². The van der Waals surface area contributed by atoms with E-state index in [0.29, 0.717) is 19.6 Å². The number of benzene rings is 3. The molecule has 2 aromatic heterocycles. The van der Waals surface area contributed by atoms with Crippen LogP contribution in [0, 0.1) is 0 Å². The van der Waals surface area contributed by atoms with Gasteiger partial charge >= 0.3 is 5.69 Å². The Morgan fingerprint density at radius 3 is 1.80 bits per heavy atom. The van der Waals surface area contributed by atoms with E-state index in [0.717, 1.165) is 27.9 Å². The number of fused-ring (bicyclic) bond motifs is 1. The van der Waals surface area contributed by atoms with Gasteiger partial charge in [0.15, 0.2) is 0 Å². The van der Waals surface area contributed by atoms with Gasteiger partial charge in [0.05, 0.1) is 42.6 Å². The summed E-state index contributed by atoms with van der Waals surface area (Å²) in [7, 11) is 0. The fraction of sp³-hybridized carbons (Fsp3) is 0.125. The van der Waals surface area contributed by atoms with Crippen LogP contribution < -0.4 is 5.69 Å². The third-order valence-electron chi connectivity index (χ3n) is 5.30. The minimum Gasteiger partial charge on any atom is -0.287 e. The largest absolute Gasteiger partial charge is 0.329 e. The summed E-state index contributed by atoms with van der Waals surface area (Å²) >= 11 is 0. The van der Waals surface area contributed by atoms with Crippen LogP contribution in [0.25, 0.3) is 11.0 Å². The van der Waals surface area contributed by atoms with Crippen LogP contribution in [0.5, 0.6) is 0 Å². The fourth-order valence-electron chi connectivity index (χ4n) is 3.80. The van der Waals surface area contributed by atoms with Crippen molar-refractivity contribution in [3.05, 3.63) is 118 Å². The molecule has 5 rings (SSSR count). The van der Waals surface area contributed by atoms with Gasteiger partial charge in [-0.3, -0.25) is 9.13 Å². The molecule has 0 unspecified atom stereocenters. The van der Waals surface area contributed by atoms with E-state index in [1.54, 1.807) is 10.8 Å². The Labute approximate surface area is 173 Å². The molecule has 0 fully saturated rings. The molecule has 6 heteroatoms. The topological polar surface area (TPSA) is 57.6 Å². The smallest absolute Gasteiger partial charge is 0.287 e. The number of aromatic nitrogens is 5. The van der Waals surface area contributed by atoms with E-state index in [9.17, 15) is 4.79 Å². The molecule has 0 aliphatic rings. The van der Waals surface area contributed by atoms with Crippen LogP contribution in [0.3, 0.4) is 0 Å². The van der Waals surface area contributed by atoms with Crippen molar-refractivity contribution in [1.82, 2.24) is 24.1 Å². The molecule has 2 heterocycles. The maximum absolute atomic E-state index is 13.4. The molecule has 5 aromatic rings. The zero-order chi connectivity index (χ0) is 20.3. The van der Waals surface area contributed by atoms with E-state index in [1.807, 2.05) is 82.0 Å². The maximum Gasteiger partial charge on any atom is 0.329 e. The number of hydrogen-bond acceptors (Lipinski definition) is 3. The van der Waals surface area contributed by atoms with Crippen molar-refractivity contribution in [3.63, 3.8) is 0 Å². The van der Waals surface area contributed by atoms with E-state index in [1.165, 1.54) is 0 Å². The summed E-state index contributed by atoms with van der Waals surface area (Å²) < 4.78 is 5.49. The normalized spacial score (nSPS) is 11.2. The first kappa shape index (κ1) is 18.1. The predicted octanol–water partition coefficient (Wildman–Crippen LogP) is 3.54. The molecule has 0 aliphatic heterocycles. The van der Waals surface area contributed by atoms with Crippen molar-refractivity contribution >= 4 is 11.0 Å². The molecule has 0 radical (unpaired) electrons. The van der Waals surface area contributed by atoms with Crippen LogP contribution in [-0.4, -0.2) is 24.1 Å². The highest BCUT2D eigenvalue weighted by atomic mass is 16.1. The second-order valence-electron chi connectivity index (χ2n) is 7.30. The minimum absolute atomic E-state index is 0.0347. The average molecular weight is 395 g/mol. The van der Waals surface area contributed by atoms with Gasteiger partial charge in [0, 0.05) is 0 Å². The molecule has 0 saturated carbocycles. The maximum atomic E-state index is 13.4. The highest BCUT2D eigenvalue weighted by Crippen LogP contribution is 2.16. The second-order valence-corrected chi connectivity index (χ2v) is 7.30. The van der Waals surface area contributed by atoms with E-state index >= 15 is 0 Å². The summed E-state index contributed by atoms with van der Waals surface area (Å²) in [6.07, 6.45) is 1.73. The summed E-state index contributed by atoms with van der Waals surface area (Å²) in [4.78, 5) is 13.4. The molecular weight excluding hydrogens is 374 g/mol. The number of rotatable bonds is 6. The van der Waals surface area contributed by atoms with Crippen LogP contribution in [-0.2, 0) is 19.6 Å². The van der Waals surface area contributed by atoms with Gasteiger partial charge in [-0.15, -0.1) is 5.10 Å². The Morgan fingerprint density at radius 1 is 0.633 bits per heavy atom. The molecule has 0 spiro atoms. The predicted molar refractivity (Wildman–Crippen MR) is 116 cm³/mol. The Morgan fingerprint density at radius 2 is 1.17 bits per heavy atom. The SMILES string of the molecule is O=c1n(Cc2ccccc2)c2ccccc2n1Cc1cnnn1Cc1ccccc1. The van der Waals surface area contributed by atoms with E-state index in [-0.39, 0.29) is 5.69 Å². The molecule has 0 N–H and O–H groups in total. The molecule has 0 atom stereocenters. The molecule has 0 saturated heterocycles. The van der Waals surface area contributed by atoms with Gasteiger partial charge in [-0.25, -0.2) is 9.48 Å². The van der Waals surface area contributed by atoms with Crippen molar-refractivity contribution in [3.8, 4) is 0 Å². The Balaban J connectivity index is 1.53. The lowest BCUT2D eigenvalue weighted by molar-refractivity contribution is 0.593. The molecular formula is C24H21N5O. The number of nitrogens with zero attached hydrogens (tertiary/aromatic N) is 5. The monoisotopic (exact) mass is 395 g/mol. The zero-order valence-electron chi connectivity index (χ0n) is 16.4. The van der Waals surface area contributed by atoms with Gasteiger partial charge in [-0.1, -0.05) is 78.0 Å². The van der Waals surface area contributed by atoms with E-state index < -0.39 is 0 Å². The molecule has 0 amide bonds. The van der Waals surface area contributed by atoms with Crippen molar-refractivity contribution < 1.29 is 0 Å². The van der Waals surface area contributed by atoms with Crippen molar-refractivity contribution in [2.24, 2.45) is 0 Å². The highest BCUT2D eigenvalue weighted by molar-refractivity contribution is 5.76. The Hall–Kier alpha value is -3.93. The lowest BCUT2D eigenvalue weighted by Crippen LogP contribution is -2.26. The third-order valence-corrected chi connectivity index (χ3v) is 5.30. The van der Waals surface area contributed by atoms with Crippen LogP contribution in [0.1, 0.15) is 16.8 Å². The second kappa shape index (κ2) is 7.83.